The number of aliphatic carboxylic acids is 1. The van der Waals surface area contributed by atoms with E-state index in [2.05, 4.69) is 15.3 Å². The molecule has 1 aromatic carbocycles. The molecule has 11 heteroatoms. The van der Waals surface area contributed by atoms with Gasteiger partial charge in [0.25, 0.3) is 5.91 Å². The van der Waals surface area contributed by atoms with Crippen molar-refractivity contribution in [2.45, 2.75) is 12.7 Å². The topological polar surface area (TPSA) is 110 Å². The smallest absolute Gasteiger partial charge is 0.475 e. The van der Waals surface area contributed by atoms with Gasteiger partial charge >= 0.3 is 12.1 Å². The van der Waals surface area contributed by atoms with E-state index in [1.165, 1.54) is 6.20 Å². The lowest BCUT2D eigenvalue weighted by atomic mass is 10.2. The van der Waals surface area contributed by atoms with E-state index >= 15 is 0 Å². The van der Waals surface area contributed by atoms with Crippen LogP contribution in [0.2, 0.25) is 0 Å². The molecule has 0 unspecified atom stereocenters. The Kier molecular flexibility index (Phi) is 6.53. The predicted octanol–water partition coefficient (Wildman–Crippen LogP) is 2.64. The number of carboxylic acids is 1. The highest BCUT2D eigenvalue weighted by Crippen LogP contribution is 2.17. The molecular weight excluding hydrogens is 381 g/mol. The van der Waals surface area contributed by atoms with E-state index in [9.17, 15) is 18.0 Å². The van der Waals surface area contributed by atoms with Crippen LogP contribution in [-0.4, -0.2) is 37.7 Å². The number of oxazole rings is 1. The third kappa shape index (κ3) is 5.69. The standard InChI is InChI=1S/C15H14N4O2.C2HF3O2/c1-19-10-16-8-13(19)14(20)17-7-12-9-21-15(18-12)11-5-3-2-4-6-11;3-2(4,5)1(6)7/h2-6,8-10H,7H2,1H3,(H,17,20);(H,6,7). The predicted molar refractivity (Wildman–Crippen MR) is 90.0 cm³/mol. The van der Waals surface area contributed by atoms with Crippen molar-refractivity contribution in [3.8, 4) is 11.5 Å². The first-order chi connectivity index (χ1) is 13.2. The molecular formula is C17H15F3N4O4. The fourth-order valence-corrected chi connectivity index (χ4v) is 1.94. The first-order valence-electron chi connectivity index (χ1n) is 7.73. The maximum Gasteiger partial charge on any atom is 0.490 e. The van der Waals surface area contributed by atoms with E-state index in [4.69, 9.17) is 14.3 Å². The number of halogens is 3. The Labute approximate surface area is 156 Å². The average molecular weight is 396 g/mol. The summed E-state index contributed by atoms with van der Waals surface area (Å²) in [6.45, 7) is 0.306. The molecule has 3 rings (SSSR count). The molecule has 2 heterocycles. The van der Waals surface area contributed by atoms with Crippen LogP contribution in [0.3, 0.4) is 0 Å². The highest BCUT2D eigenvalue weighted by molar-refractivity contribution is 5.92. The Balaban J connectivity index is 0.000000345. The largest absolute Gasteiger partial charge is 0.490 e. The van der Waals surface area contributed by atoms with E-state index in [1.807, 2.05) is 30.3 Å². The molecule has 8 nitrogen and oxygen atoms in total. The number of aromatic nitrogens is 3. The van der Waals surface area contributed by atoms with Gasteiger partial charge < -0.3 is 19.4 Å². The molecule has 2 N–H and O–H groups in total. The first kappa shape index (κ1) is 20.7. The van der Waals surface area contributed by atoms with Gasteiger partial charge in [-0.25, -0.2) is 14.8 Å². The molecule has 28 heavy (non-hydrogen) atoms. The van der Waals surface area contributed by atoms with E-state index in [0.29, 0.717) is 23.8 Å². The molecule has 2 aromatic heterocycles. The molecule has 0 radical (unpaired) electrons. The summed E-state index contributed by atoms with van der Waals surface area (Å²) in [7, 11) is 1.77. The van der Waals surface area contributed by atoms with Gasteiger partial charge in [0.1, 0.15) is 12.0 Å². The van der Waals surface area contributed by atoms with Gasteiger partial charge in [0, 0.05) is 12.6 Å². The summed E-state index contributed by atoms with van der Waals surface area (Å²) in [5, 5.41) is 9.91. The number of carbonyl (C=O) groups excluding carboxylic acids is 1. The second kappa shape index (κ2) is 8.84. The summed E-state index contributed by atoms with van der Waals surface area (Å²) < 4.78 is 38.8. The Bertz CT molecular complexity index is 935. The molecule has 0 spiro atoms. The van der Waals surface area contributed by atoms with Crippen LogP contribution in [0.15, 0.2) is 53.5 Å². The maximum absolute atomic E-state index is 11.9. The number of hydrogen-bond acceptors (Lipinski definition) is 5. The van der Waals surface area contributed by atoms with Crippen molar-refractivity contribution in [2.75, 3.05) is 0 Å². The minimum atomic E-state index is -5.08. The lowest BCUT2D eigenvalue weighted by molar-refractivity contribution is -0.192. The van der Waals surface area contributed by atoms with Crippen molar-refractivity contribution in [3.63, 3.8) is 0 Å². The molecule has 0 atom stereocenters. The summed E-state index contributed by atoms with van der Waals surface area (Å²) in [5.41, 5.74) is 2.08. The van der Waals surface area contributed by atoms with Crippen LogP contribution < -0.4 is 5.32 Å². The van der Waals surface area contributed by atoms with Crippen LogP contribution in [0.25, 0.3) is 11.5 Å². The van der Waals surface area contributed by atoms with Gasteiger partial charge in [-0.2, -0.15) is 13.2 Å². The summed E-state index contributed by atoms with van der Waals surface area (Å²) in [6.07, 6.45) is -0.433. The first-order valence-corrected chi connectivity index (χ1v) is 7.73. The normalized spacial score (nSPS) is 10.7. The molecule has 0 aliphatic carbocycles. The summed E-state index contributed by atoms with van der Waals surface area (Å²) in [5.74, 6) is -2.41. The molecule has 0 bridgehead atoms. The lowest BCUT2D eigenvalue weighted by Crippen LogP contribution is -2.24. The van der Waals surface area contributed by atoms with Crippen LogP contribution >= 0.6 is 0 Å². The zero-order valence-electron chi connectivity index (χ0n) is 14.5. The fourth-order valence-electron chi connectivity index (χ4n) is 1.94. The van der Waals surface area contributed by atoms with E-state index in [1.54, 1.807) is 24.2 Å². The van der Waals surface area contributed by atoms with Crippen LogP contribution in [-0.2, 0) is 18.4 Å². The van der Waals surface area contributed by atoms with Crippen molar-refractivity contribution >= 4 is 11.9 Å². The Morgan fingerprint density at radius 2 is 1.89 bits per heavy atom. The number of imidazole rings is 1. The minimum absolute atomic E-state index is 0.195. The lowest BCUT2D eigenvalue weighted by Gasteiger charge is -2.02. The number of hydrogen-bond donors (Lipinski definition) is 2. The van der Waals surface area contributed by atoms with Crippen molar-refractivity contribution in [1.82, 2.24) is 19.9 Å². The number of benzene rings is 1. The van der Waals surface area contributed by atoms with Gasteiger partial charge in [0.05, 0.1) is 24.8 Å². The van der Waals surface area contributed by atoms with Gasteiger partial charge in [-0.3, -0.25) is 4.79 Å². The number of aryl methyl sites for hydroxylation is 1. The number of amides is 1. The average Bonchev–Trinajstić information content (AvgIpc) is 3.29. The SMILES string of the molecule is Cn1cncc1C(=O)NCc1coc(-c2ccccc2)n1.O=C(O)C(F)(F)F. The zero-order valence-corrected chi connectivity index (χ0v) is 14.5. The van der Waals surface area contributed by atoms with Crippen LogP contribution in [0, 0.1) is 0 Å². The molecule has 148 valence electrons. The monoisotopic (exact) mass is 396 g/mol. The van der Waals surface area contributed by atoms with E-state index in [-0.39, 0.29) is 5.91 Å². The van der Waals surface area contributed by atoms with E-state index < -0.39 is 12.1 Å². The van der Waals surface area contributed by atoms with Crippen molar-refractivity contribution < 1.29 is 32.3 Å². The second-order valence-electron chi connectivity index (χ2n) is 5.39. The van der Waals surface area contributed by atoms with Gasteiger partial charge in [-0.1, -0.05) is 18.2 Å². The molecule has 0 saturated carbocycles. The van der Waals surface area contributed by atoms with Crippen molar-refractivity contribution in [3.05, 3.63) is 60.5 Å². The van der Waals surface area contributed by atoms with Crippen molar-refractivity contribution in [1.29, 1.82) is 0 Å². The Morgan fingerprint density at radius 3 is 2.43 bits per heavy atom. The summed E-state index contributed by atoms with van der Waals surface area (Å²) >= 11 is 0. The third-order valence-corrected chi connectivity index (χ3v) is 3.29. The number of carboxylic acid groups (broad SMARTS) is 1. The third-order valence-electron chi connectivity index (χ3n) is 3.29. The highest BCUT2D eigenvalue weighted by atomic mass is 19.4. The van der Waals surface area contributed by atoms with Gasteiger partial charge in [-0.15, -0.1) is 0 Å². The fraction of sp³-hybridized carbons (Fsp3) is 0.176. The molecule has 0 aliphatic rings. The number of carbonyl (C=O) groups is 2. The van der Waals surface area contributed by atoms with Crippen molar-refractivity contribution in [2.24, 2.45) is 7.05 Å². The van der Waals surface area contributed by atoms with E-state index in [0.717, 1.165) is 5.56 Å². The Morgan fingerprint density at radius 1 is 1.25 bits per heavy atom. The quantitative estimate of drug-likeness (QED) is 0.702. The molecule has 3 aromatic rings. The summed E-state index contributed by atoms with van der Waals surface area (Å²) in [4.78, 5) is 29.1. The molecule has 0 aliphatic heterocycles. The second-order valence-corrected chi connectivity index (χ2v) is 5.39. The molecule has 0 saturated heterocycles. The van der Waals surface area contributed by atoms with Gasteiger partial charge in [0.15, 0.2) is 0 Å². The number of nitrogens with one attached hydrogen (secondary N) is 1. The Hall–Kier alpha value is -3.63. The molecule has 1 amide bonds. The molecule has 0 fully saturated rings. The van der Waals surface area contributed by atoms with Crippen LogP contribution in [0.4, 0.5) is 13.2 Å². The van der Waals surface area contributed by atoms with Crippen LogP contribution in [0.5, 0.6) is 0 Å². The van der Waals surface area contributed by atoms with Gasteiger partial charge in [-0.05, 0) is 12.1 Å². The van der Waals surface area contributed by atoms with Gasteiger partial charge in [0.2, 0.25) is 5.89 Å². The minimum Gasteiger partial charge on any atom is -0.475 e. The number of rotatable bonds is 4. The zero-order chi connectivity index (χ0) is 20.7. The summed E-state index contributed by atoms with van der Waals surface area (Å²) in [6, 6.07) is 9.61. The number of nitrogens with zero attached hydrogens (tertiary/aromatic N) is 3. The number of alkyl halides is 3. The maximum atomic E-state index is 11.9. The highest BCUT2D eigenvalue weighted by Gasteiger charge is 2.38. The van der Waals surface area contributed by atoms with Crippen LogP contribution in [0.1, 0.15) is 16.2 Å².